The number of nitrogens with zero attached hydrogens (tertiary/aromatic N) is 4. The van der Waals surface area contributed by atoms with Gasteiger partial charge in [0.05, 0.1) is 0 Å². The summed E-state index contributed by atoms with van der Waals surface area (Å²) in [7, 11) is 2.83. The van der Waals surface area contributed by atoms with E-state index in [1.54, 1.807) is 7.05 Å². The van der Waals surface area contributed by atoms with Crippen LogP contribution in [0, 0.1) is 13.8 Å². The lowest BCUT2D eigenvalue weighted by atomic mass is 10.1. The van der Waals surface area contributed by atoms with Crippen LogP contribution in [0.2, 0.25) is 0 Å². The number of urea groups is 1. The molecule has 0 saturated heterocycles. The van der Waals surface area contributed by atoms with Gasteiger partial charge in [0.25, 0.3) is 5.82 Å². The third-order valence-electron chi connectivity index (χ3n) is 3.49. The highest BCUT2D eigenvalue weighted by Gasteiger charge is 2.37. The normalized spacial score (nSPS) is 11.5. The molecule has 130 valence electrons. The monoisotopic (exact) mass is 341 g/mol. The van der Waals surface area contributed by atoms with Crippen LogP contribution in [0.1, 0.15) is 22.5 Å². The molecule has 2 aromatic rings. The third kappa shape index (κ3) is 4.03. The average Bonchev–Trinajstić information content (AvgIpc) is 2.83. The first-order valence-electron chi connectivity index (χ1n) is 7.14. The maximum absolute atomic E-state index is 12.6. The summed E-state index contributed by atoms with van der Waals surface area (Å²) in [5.74, 6) is -1.56. The van der Waals surface area contributed by atoms with E-state index in [9.17, 15) is 18.0 Å². The van der Waals surface area contributed by atoms with Gasteiger partial charge in [-0.25, -0.2) is 9.48 Å². The van der Waals surface area contributed by atoms with Crippen molar-refractivity contribution in [3.8, 4) is 0 Å². The van der Waals surface area contributed by atoms with Crippen molar-refractivity contribution in [1.29, 1.82) is 0 Å². The number of nitrogens with one attached hydrogen (secondary N) is 1. The summed E-state index contributed by atoms with van der Waals surface area (Å²) in [5, 5.41) is 5.58. The number of hydrogen-bond donors (Lipinski definition) is 1. The van der Waals surface area contributed by atoms with Crippen LogP contribution >= 0.6 is 0 Å². The van der Waals surface area contributed by atoms with Crippen LogP contribution in [-0.4, -0.2) is 32.7 Å². The molecule has 0 bridgehead atoms. The molecule has 0 fully saturated rings. The quantitative estimate of drug-likeness (QED) is 0.933. The summed E-state index contributed by atoms with van der Waals surface area (Å²) in [5.41, 5.74) is 3.10. The predicted octanol–water partition coefficient (Wildman–Crippen LogP) is 3.11. The van der Waals surface area contributed by atoms with E-state index in [4.69, 9.17) is 0 Å². The Labute approximate surface area is 137 Å². The molecule has 0 aliphatic heterocycles. The molecule has 0 aliphatic rings. The summed E-state index contributed by atoms with van der Waals surface area (Å²) in [6, 6.07) is 5.28. The minimum atomic E-state index is -4.66. The van der Waals surface area contributed by atoms with Gasteiger partial charge in [-0.15, -0.1) is 5.10 Å². The van der Waals surface area contributed by atoms with Crippen molar-refractivity contribution in [3.05, 3.63) is 40.7 Å². The number of carbonyl (C=O) groups excluding carboxylic acids is 1. The average molecular weight is 341 g/mol. The lowest BCUT2D eigenvalue weighted by Crippen LogP contribution is -2.32. The van der Waals surface area contributed by atoms with Crippen molar-refractivity contribution < 1.29 is 18.0 Å². The van der Waals surface area contributed by atoms with E-state index in [0.29, 0.717) is 6.54 Å². The zero-order valence-corrected chi connectivity index (χ0v) is 13.8. The van der Waals surface area contributed by atoms with Gasteiger partial charge in [0.15, 0.2) is 0 Å². The van der Waals surface area contributed by atoms with Gasteiger partial charge in [-0.1, -0.05) is 23.8 Å². The van der Waals surface area contributed by atoms with E-state index in [2.05, 4.69) is 15.4 Å². The Morgan fingerprint density at radius 1 is 1.33 bits per heavy atom. The first-order valence-corrected chi connectivity index (χ1v) is 7.14. The van der Waals surface area contributed by atoms with Crippen molar-refractivity contribution in [2.24, 2.45) is 7.05 Å². The predicted molar refractivity (Wildman–Crippen MR) is 82.4 cm³/mol. The Morgan fingerprint density at radius 3 is 2.54 bits per heavy atom. The molecule has 0 saturated carbocycles. The first kappa shape index (κ1) is 17.8. The number of alkyl halides is 3. The highest BCUT2D eigenvalue weighted by Crippen LogP contribution is 2.27. The topological polar surface area (TPSA) is 63.1 Å². The molecule has 9 heteroatoms. The Morgan fingerprint density at radius 2 is 2.00 bits per heavy atom. The summed E-state index contributed by atoms with van der Waals surface area (Å²) in [6.07, 6.45) is -4.66. The van der Waals surface area contributed by atoms with Crippen LogP contribution in [0.3, 0.4) is 0 Å². The van der Waals surface area contributed by atoms with Gasteiger partial charge in [-0.3, -0.25) is 5.32 Å². The first-order chi connectivity index (χ1) is 11.1. The number of aromatic nitrogens is 3. The fourth-order valence-corrected chi connectivity index (χ4v) is 2.16. The number of amides is 2. The van der Waals surface area contributed by atoms with E-state index >= 15 is 0 Å². The molecule has 1 aromatic carbocycles. The number of aryl methyl sites for hydroxylation is 3. The molecular formula is C15H18F3N5O. The molecular weight excluding hydrogens is 323 g/mol. The largest absolute Gasteiger partial charge is 0.453 e. The maximum Gasteiger partial charge on any atom is 0.453 e. The standard InChI is InChI=1S/C15H18F3N5O/c1-9-5-6-11(10(2)7-9)8-22(3)14(24)20-13-19-12(15(16,17)18)21-23(13)4/h5-7H,8H2,1-4H3,(H,19,20,21,24). The van der Waals surface area contributed by atoms with Crippen molar-refractivity contribution in [1.82, 2.24) is 19.7 Å². The van der Waals surface area contributed by atoms with Crippen LogP contribution in [0.5, 0.6) is 0 Å². The number of halogens is 3. The van der Waals surface area contributed by atoms with Gasteiger partial charge in [0.1, 0.15) is 0 Å². The second-order valence-electron chi connectivity index (χ2n) is 5.60. The van der Waals surface area contributed by atoms with Gasteiger partial charge >= 0.3 is 12.2 Å². The number of rotatable bonds is 3. The molecule has 2 amide bonds. The Hall–Kier alpha value is -2.58. The number of anilines is 1. The SMILES string of the molecule is Cc1ccc(CN(C)C(=O)Nc2nc(C(F)(F)F)nn2C)c(C)c1. The molecule has 2 rings (SSSR count). The lowest BCUT2D eigenvalue weighted by Gasteiger charge is -2.19. The van der Waals surface area contributed by atoms with Crippen LogP contribution in [0.15, 0.2) is 18.2 Å². The van der Waals surface area contributed by atoms with Gasteiger partial charge < -0.3 is 4.90 Å². The summed E-state index contributed by atoms with van der Waals surface area (Å²) >= 11 is 0. The third-order valence-corrected chi connectivity index (χ3v) is 3.49. The number of benzene rings is 1. The Bertz CT molecular complexity index is 754. The number of carbonyl (C=O) groups is 1. The summed E-state index contributed by atoms with van der Waals surface area (Å²) in [6.45, 7) is 4.23. The molecule has 24 heavy (non-hydrogen) atoms. The Kier molecular flexibility index (Phi) is 4.81. The smallest absolute Gasteiger partial charge is 0.323 e. The van der Waals surface area contributed by atoms with Crippen molar-refractivity contribution >= 4 is 12.0 Å². The molecule has 0 radical (unpaired) electrons. The zero-order valence-electron chi connectivity index (χ0n) is 13.8. The van der Waals surface area contributed by atoms with Gasteiger partial charge in [-0.05, 0) is 25.0 Å². The molecule has 0 atom stereocenters. The van der Waals surface area contributed by atoms with E-state index < -0.39 is 18.0 Å². The minimum absolute atomic E-state index is 0.264. The second-order valence-corrected chi connectivity index (χ2v) is 5.60. The fraction of sp³-hybridized carbons (Fsp3) is 0.400. The maximum atomic E-state index is 12.6. The lowest BCUT2D eigenvalue weighted by molar-refractivity contribution is -0.144. The van der Waals surface area contributed by atoms with E-state index in [-0.39, 0.29) is 5.95 Å². The highest BCUT2D eigenvalue weighted by molar-refractivity contribution is 5.87. The molecule has 1 heterocycles. The highest BCUT2D eigenvalue weighted by atomic mass is 19.4. The van der Waals surface area contributed by atoms with Gasteiger partial charge in [0.2, 0.25) is 5.95 Å². The summed E-state index contributed by atoms with van der Waals surface area (Å²) < 4.78 is 38.6. The molecule has 0 aliphatic carbocycles. The van der Waals surface area contributed by atoms with E-state index in [1.807, 2.05) is 32.0 Å². The molecule has 0 spiro atoms. The van der Waals surface area contributed by atoms with Crippen molar-refractivity contribution in [2.45, 2.75) is 26.6 Å². The van der Waals surface area contributed by atoms with E-state index in [1.165, 1.54) is 11.9 Å². The molecule has 1 aromatic heterocycles. The van der Waals surface area contributed by atoms with Crippen LogP contribution in [-0.2, 0) is 19.8 Å². The van der Waals surface area contributed by atoms with Crippen LogP contribution in [0.4, 0.5) is 23.9 Å². The minimum Gasteiger partial charge on any atom is -0.323 e. The van der Waals surface area contributed by atoms with Gasteiger partial charge in [-0.2, -0.15) is 18.2 Å². The van der Waals surface area contributed by atoms with Crippen molar-refractivity contribution in [2.75, 3.05) is 12.4 Å². The second kappa shape index (κ2) is 6.50. The van der Waals surface area contributed by atoms with Crippen LogP contribution in [0.25, 0.3) is 0 Å². The van der Waals surface area contributed by atoms with Gasteiger partial charge in [0, 0.05) is 20.6 Å². The van der Waals surface area contributed by atoms with Crippen LogP contribution < -0.4 is 5.32 Å². The Balaban J connectivity index is 2.08. The van der Waals surface area contributed by atoms with E-state index in [0.717, 1.165) is 21.4 Å². The van der Waals surface area contributed by atoms with Crippen molar-refractivity contribution in [3.63, 3.8) is 0 Å². The molecule has 1 N–H and O–H groups in total. The number of hydrogen-bond acceptors (Lipinski definition) is 3. The fourth-order valence-electron chi connectivity index (χ4n) is 2.16. The zero-order chi connectivity index (χ0) is 18.1. The molecule has 0 unspecified atom stereocenters. The summed E-state index contributed by atoms with van der Waals surface area (Å²) in [4.78, 5) is 16.8. The molecule has 6 nitrogen and oxygen atoms in total.